The van der Waals surface area contributed by atoms with Gasteiger partial charge in [-0.1, -0.05) is 6.07 Å². The van der Waals surface area contributed by atoms with Crippen LogP contribution in [0, 0.1) is 6.92 Å². The fraction of sp³-hybridized carbons (Fsp3) is 0.143. The molecule has 0 saturated heterocycles. The lowest BCUT2D eigenvalue weighted by Crippen LogP contribution is -2.02. The molecule has 0 aliphatic rings. The molecular formula is C14H12O4. The number of carbonyl (C=O) groups is 2. The van der Waals surface area contributed by atoms with Crippen LogP contribution in [0.1, 0.15) is 22.8 Å². The van der Waals surface area contributed by atoms with Crippen LogP contribution in [0.2, 0.25) is 0 Å². The Morgan fingerprint density at radius 3 is 2.50 bits per heavy atom. The Hall–Kier alpha value is -2.36. The van der Waals surface area contributed by atoms with Gasteiger partial charge >= 0.3 is 11.9 Å². The molecule has 2 rings (SSSR count). The summed E-state index contributed by atoms with van der Waals surface area (Å²) in [6.45, 7) is 3.19. The largest absolute Gasteiger partial charge is 0.478 e. The number of aryl methyl sites for hydroxylation is 1. The molecule has 4 nitrogen and oxygen atoms in total. The third kappa shape index (κ3) is 2.32. The minimum Gasteiger partial charge on any atom is -0.478 e. The van der Waals surface area contributed by atoms with Gasteiger partial charge in [0.05, 0.1) is 5.56 Å². The molecule has 0 aliphatic carbocycles. The maximum Gasteiger partial charge on any atom is 0.335 e. The van der Waals surface area contributed by atoms with Crippen LogP contribution in [0.4, 0.5) is 0 Å². The van der Waals surface area contributed by atoms with Crippen LogP contribution < -0.4 is 4.74 Å². The van der Waals surface area contributed by atoms with Crippen LogP contribution in [-0.2, 0) is 4.79 Å². The van der Waals surface area contributed by atoms with Crippen LogP contribution in [-0.4, -0.2) is 17.0 Å². The Kier molecular flexibility index (Phi) is 3.02. The first-order valence-corrected chi connectivity index (χ1v) is 5.43. The summed E-state index contributed by atoms with van der Waals surface area (Å²) in [6.07, 6.45) is 0. The molecule has 0 heterocycles. The summed E-state index contributed by atoms with van der Waals surface area (Å²) in [6, 6.07) is 8.29. The highest BCUT2D eigenvalue weighted by atomic mass is 16.5. The van der Waals surface area contributed by atoms with Gasteiger partial charge in [-0.05, 0) is 47.5 Å². The number of carboxylic acid groups (broad SMARTS) is 1. The van der Waals surface area contributed by atoms with E-state index in [0.29, 0.717) is 5.75 Å². The third-order valence-corrected chi connectivity index (χ3v) is 2.64. The number of hydrogen-bond acceptors (Lipinski definition) is 3. The number of ether oxygens (including phenoxy) is 1. The summed E-state index contributed by atoms with van der Waals surface area (Å²) in [7, 11) is 0. The van der Waals surface area contributed by atoms with Crippen molar-refractivity contribution in [1.82, 2.24) is 0 Å². The summed E-state index contributed by atoms with van der Waals surface area (Å²) in [5, 5.41) is 10.6. The zero-order chi connectivity index (χ0) is 13.3. The second-order valence-electron chi connectivity index (χ2n) is 4.07. The molecule has 92 valence electrons. The highest BCUT2D eigenvalue weighted by Crippen LogP contribution is 2.26. The fourth-order valence-corrected chi connectivity index (χ4v) is 1.87. The third-order valence-electron chi connectivity index (χ3n) is 2.64. The van der Waals surface area contributed by atoms with Crippen molar-refractivity contribution in [2.45, 2.75) is 13.8 Å². The van der Waals surface area contributed by atoms with Gasteiger partial charge in [-0.2, -0.15) is 0 Å². The van der Waals surface area contributed by atoms with E-state index in [1.165, 1.54) is 13.0 Å². The lowest BCUT2D eigenvalue weighted by Gasteiger charge is -2.07. The van der Waals surface area contributed by atoms with Crippen molar-refractivity contribution in [3.63, 3.8) is 0 Å². The maximum absolute atomic E-state index is 10.9. The lowest BCUT2D eigenvalue weighted by molar-refractivity contribution is -0.131. The quantitative estimate of drug-likeness (QED) is 0.651. The summed E-state index contributed by atoms with van der Waals surface area (Å²) < 4.78 is 5.03. The highest BCUT2D eigenvalue weighted by molar-refractivity contribution is 5.96. The zero-order valence-corrected chi connectivity index (χ0v) is 10.1. The van der Waals surface area contributed by atoms with E-state index in [-0.39, 0.29) is 11.5 Å². The van der Waals surface area contributed by atoms with E-state index in [1.807, 2.05) is 6.92 Å². The molecule has 0 amide bonds. The molecule has 4 heteroatoms. The van der Waals surface area contributed by atoms with Crippen molar-refractivity contribution in [3.8, 4) is 5.75 Å². The summed E-state index contributed by atoms with van der Waals surface area (Å²) in [4.78, 5) is 21.8. The second-order valence-corrected chi connectivity index (χ2v) is 4.07. The number of carbonyl (C=O) groups excluding carboxylic acids is 1. The standard InChI is InChI=1S/C14H12O4/c1-8-5-12(18-9(2)15)6-10-3-4-11(14(16)17)7-13(8)10/h3-7H,1-2H3,(H,16,17). The van der Waals surface area contributed by atoms with Crippen LogP contribution in [0.3, 0.4) is 0 Å². The first-order valence-electron chi connectivity index (χ1n) is 5.43. The molecule has 0 spiro atoms. The van der Waals surface area contributed by atoms with Crippen molar-refractivity contribution >= 4 is 22.7 Å². The predicted molar refractivity (Wildman–Crippen MR) is 67.0 cm³/mol. The maximum atomic E-state index is 10.9. The molecular weight excluding hydrogens is 232 g/mol. The molecule has 0 radical (unpaired) electrons. The minimum absolute atomic E-state index is 0.242. The van der Waals surface area contributed by atoms with Crippen molar-refractivity contribution in [3.05, 3.63) is 41.5 Å². The van der Waals surface area contributed by atoms with Gasteiger partial charge in [0.2, 0.25) is 0 Å². The van der Waals surface area contributed by atoms with Crippen LogP contribution >= 0.6 is 0 Å². The van der Waals surface area contributed by atoms with Gasteiger partial charge in [-0.3, -0.25) is 4.79 Å². The Morgan fingerprint density at radius 2 is 1.89 bits per heavy atom. The molecule has 1 N–H and O–H groups in total. The SMILES string of the molecule is CC(=O)Oc1cc(C)c2cc(C(=O)O)ccc2c1. The van der Waals surface area contributed by atoms with Gasteiger partial charge in [-0.15, -0.1) is 0 Å². The number of hydrogen-bond donors (Lipinski definition) is 1. The zero-order valence-electron chi connectivity index (χ0n) is 10.1. The Balaban J connectivity index is 2.58. The van der Waals surface area contributed by atoms with E-state index in [2.05, 4.69) is 0 Å². The topological polar surface area (TPSA) is 63.6 Å². The molecule has 0 aliphatic heterocycles. The van der Waals surface area contributed by atoms with E-state index < -0.39 is 5.97 Å². The molecule has 2 aromatic carbocycles. The van der Waals surface area contributed by atoms with Gasteiger partial charge in [0.15, 0.2) is 0 Å². The average Bonchev–Trinajstić information content (AvgIpc) is 2.27. The van der Waals surface area contributed by atoms with Gasteiger partial charge < -0.3 is 9.84 Å². The van der Waals surface area contributed by atoms with E-state index in [9.17, 15) is 9.59 Å². The van der Waals surface area contributed by atoms with E-state index >= 15 is 0 Å². The molecule has 0 aromatic heterocycles. The molecule has 18 heavy (non-hydrogen) atoms. The number of rotatable bonds is 2. The first-order chi connectivity index (χ1) is 8.47. The van der Waals surface area contributed by atoms with Crippen molar-refractivity contribution in [1.29, 1.82) is 0 Å². The molecule has 2 aromatic rings. The molecule has 0 unspecified atom stereocenters. The molecule has 0 fully saturated rings. The number of carboxylic acids is 1. The van der Waals surface area contributed by atoms with Crippen LogP contribution in [0.15, 0.2) is 30.3 Å². The smallest absolute Gasteiger partial charge is 0.335 e. The van der Waals surface area contributed by atoms with Gasteiger partial charge in [0, 0.05) is 6.92 Å². The number of benzene rings is 2. The summed E-state index contributed by atoms with van der Waals surface area (Å²) >= 11 is 0. The van der Waals surface area contributed by atoms with Crippen LogP contribution in [0.5, 0.6) is 5.75 Å². The molecule has 0 atom stereocenters. The van der Waals surface area contributed by atoms with Crippen molar-refractivity contribution in [2.75, 3.05) is 0 Å². The lowest BCUT2D eigenvalue weighted by atomic mass is 10.0. The predicted octanol–water partition coefficient (Wildman–Crippen LogP) is 2.77. The van der Waals surface area contributed by atoms with Gasteiger partial charge in [-0.25, -0.2) is 4.79 Å². The van der Waals surface area contributed by atoms with Gasteiger partial charge in [0.1, 0.15) is 5.75 Å². The van der Waals surface area contributed by atoms with E-state index in [4.69, 9.17) is 9.84 Å². The average molecular weight is 244 g/mol. The normalized spacial score (nSPS) is 10.3. The highest BCUT2D eigenvalue weighted by Gasteiger charge is 2.08. The van der Waals surface area contributed by atoms with E-state index in [1.54, 1.807) is 24.3 Å². The number of esters is 1. The Labute approximate surface area is 104 Å². The fourth-order valence-electron chi connectivity index (χ4n) is 1.87. The Bertz CT molecular complexity index is 644. The van der Waals surface area contributed by atoms with Gasteiger partial charge in [0.25, 0.3) is 0 Å². The number of aromatic carboxylic acids is 1. The number of fused-ring (bicyclic) bond motifs is 1. The summed E-state index contributed by atoms with van der Waals surface area (Å²) in [5.41, 5.74) is 1.11. The Morgan fingerprint density at radius 1 is 1.17 bits per heavy atom. The summed E-state index contributed by atoms with van der Waals surface area (Å²) in [5.74, 6) is -0.869. The minimum atomic E-state index is -0.958. The first kappa shape index (κ1) is 12.1. The molecule has 0 bridgehead atoms. The van der Waals surface area contributed by atoms with Crippen molar-refractivity contribution in [2.24, 2.45) is 0 Å². The monoisotopic (exact) mass is 244 g/mol. The van der Waals surface area contributed by atoms with Crippen LogP contribution in [0.25, 0.3) is 10.8 Å². The van der Waals surface area contributed by atoms with Crippen molar-refractivity contribution < 1.29 is 19.4 Å². The second kappa shape index (κ2) is 4.49. The van der Waals surface area contributed by atoms with E-state index in [0.717, 1.165) is 16.3 Å². The molecule has 0 saturated carbocycles.